The van der Waals surface area contributed by atoms with Gasteiger partial charge in [-0.15, -0.1) is 0 Å². The molecule has 5 unspecified atom stereocenters. The van der Waals surface area contributed by atoms with Crippen LogP contribution in [0.3, 0.4) is 0 Å². The zero-order valence-electron chi connectivity index (χ0n) is 17.6. The van der Waals surface area contributed by atoms with Crippen molar-refractivity contribution < 1.29 is 0 Å². The Kier molecular flexibility index (Phi) is 6.33. The van der Waals surface area contributed by atoms with Crippen LogP contribution in [0.15, 0.2) is 4.99 Å². The van der Waals surface area contributed by atoms with Gasteiger partial charge >= 0.3 is 0 Å². The van der Waals surface area contributed by atoms with Crippen LogP contribution in [0.4, 0.5) is 0 Å². The Labute approximate surface area is 161 Å². The van der Waals surface area contributed by atoms with E-state index in [1.165, 1.54) is 70.6 Å². The molecule has 0 saturated heterocycles. The monoisotopic (exact) mass is 362 g/mol. The van der Waals surface area contributed by atoms with E-state index in [0.717, 1.165) is 11.8 Å². The van der Waals surface area contributed by atoms with E-state index >= 15 is 0 Å². The first-order valence-corrected chi connectivity index (χ1v) is 11.1. The molecule has 0 amide bonds. The summed E-state index contributed by atoms with van der Waals surface area (Å²) in [6.45, 7) is 7.11. The number of aliphatic imine (C=N–C) groups is 1. The molecule has 3 aliphatic rings. The largest absolute Gasteiger partial charge is 0.388 e. The smallest absolute Gasteiger partial charge is 0.155 e. The molecule has 0 aromatic heterocycles. The molecule has 3 saturated carbocycles. The van der Waals surface area contributed by atoms with Gasteiger partial charge in [-0.1, -0.05) is 39.5 Å². The second-order valence-corrected chi connectivity index (χ2v) is 10.1. The molecule has 4 N–H and O–H groups in total. The molecule has 0 radical (unpaired) electrons. The molecule has 5 atom stereocenters. The molecule has 0 aromatic rings. The maximum Gasteiger partial charge on any atom is 0.155 e. The van der Waals surface area contributed by atoms with Gasteiger partial charge in [-0.3, -0.25) is 10.6 Å². The second-order valence-electron chi connectivity index (χ2n) is 10.1. The molecule has 4 nitrogen and oxygen atoms in total. The molecule has 150 valence electrons. The number of nitrogens with two attached hydrogens (primary N) is 1. The standard InChI is InChI=1S/C22H42N4/c1-16(23)25-20(24-4)26-17-11-13-21(2)15-22(3,14-12-17)19-10-8-6-5-7-9-18(19)21/h17-20,24,26H,5-15H2,1-4H3,(H2,23,25). The van der Waals surface area contributed by atoms with E-state index in [4.69, 9.17) is 5.73 Å². The van der Waals surface area contributed by atoms with Crippen molar-refractivity contribution in [2.75, 3.05) is 7.05 Å². The molecule has 26 heavy (non-hydrogen) atoms. The summed E-state index contributed by atoms with van der Waals surface area (Å²) in [7, 11) is 1.96. The van der Waals surface area contributed by atoms with Crippen molar-refractivity contribution in [3.8, 4) is 0 Å². The molecule has 0 spiro atoms. The SMILES string of the molecule is CNC(N=C(C)N)NC1CCC2(C)CC(C)(CC1)C1CCCCCCC12. The molecule has 3 fully saturated rings. The predicted molar refractivity (Wildman–Crippen MR) is 111 cm³/mol. The van der Waals surface area contributed by atoms with Crippen molar-refractivity contribution in [3.05, 3.63) is 0 Å². The summed E-state index contributed by atoms with van der Waals surface area (Å²) in [5, 5.41) is 7.00. The first-order chi connectivity index (χ1) is 12.4. The summed E-state index contributed by atoms with van der Waals surface area (Å²) >= 11 is 0. The van der Waals surface area contributed by atoms with Crippen LogP contribution >= 0.6 is 0 Å². The quantitative estimate of drug-likeness (QED) is 0.394. The molecule has 0 aromatic carbocycles. The number of hydrogen-bond acceptors (Lipinski definition) is 3. The minimum Gasteiger partial charge on any atom is -0.388 e. The van der Waals surface area contributed by atoms with E-state index in [2.05, 4.69) is 29.5 Å². The molecule has 3 rings (SSSR count). The number of amidine groups is 1. The third-order valence-corrected chi connectivity index (χ3v) is 7.99. The summed E-state index contributed by atoms with van der Waals surface area (Å²) in [5.41, 5.74) is 6.89. The summed E-state index contributed by atoms with van der Waals surface area (Å²) in [5.74, 6) is 2.55. The normalized spacial score (nSPS) is 42.9. The molecule has 0 heterocycles. The molecular formula is C22H42N4. The minimum absolute atomic E-state index is 0.0589. The highest BCUT2D eigenvalue weighted by Gasteiger charge is 2.56. The van der Waals surface area contributed by atoms with Crippen molar-refractivity contribution in [3.63, 3.8) is 0 Å². The molecule has 2 bridgehead atoms. The molecular weight excluding hydrogens is 320 g/mol. The van der Waals surface area contributed by atoms with Gasteiger partial charge in [0.25, 0.3) is 0 Å². The fourth-order valence-electron chi connectivity index (χ4n) is 6.82. The Hall–Kier alpha value is -0.610. The molecule has 0 aliphatic heterocycles. The van der Waals surface area contributed by atoms with Crippen LogP contribution in [0, 0.1) is 22.7 Å². The van der Waals surface area contributed by atoms with Gasteiger partial charge in [-0.05, 0) is 81.6 Å². The Morgan fingerprint density at radius 2 is 1.50 bits per heavy atom. The highest BCUT2D eigenvalue weighted by Crippen LogP contribution is 2.64. The van der Waals surface area contributed by atoms with Crippen molar-refractivity contribution in [1.29, 1.82) is 0 Å². The lowest BCUT2D eigenvalue weighted by Crippen LogP contribution is -2.46. The van der Waals surface area contributed by atoms with Gasteiger partial charge in [0.2, 0.25) is 0 Å². The van der Waals surface area contributed by atoms with Crippen LogP contribution < -0.4 is 16.4 Å². The molecule has 4 heteroatoms. The van der Waals surface area contributed by atoms with Crippen LogP contribution in [0.5, 0.6) is 0 Å². The summed E-state index contributed by atoms with van der Waals surface area (Å²) < 4.78 is 0. The Morgan fingerprint density at radius 1 is 0.962 bits per heavy atom. The Balaban J connectivity index is 1.75. The lowest BCUT2D eigenvalue weighted by Gasteiger charge is -2.37. The highest BCUT2D eigenvalue weighted by molar-refractivity contribution is 5.77. The number of nitrogens with zero attached hydrogens (tertiary/aromatic N) is 1. The van der Waals surface area contributed by atoms with Gasteiger partial charge in [-0.2, -0.15) is 0 Å². The van der Waals surface area contributed by atoms with Crippen LogP contribution in [0.25, 0.3) is 0 Å². The third-order valence-electron chi connectivity index (χ3n) is 7.99. The number of nitrogens with one attached hydrogen (secondary N) is 2. The third kappa shape index (κ3) is 4.27. The van der Waals surface area contributed by atoms with Crippen LogP contribution in [-0.4, -0.2) is 25.2 Å². The lowest BCUT2D eigenvalue weighted by molar-refractivity contribution is 0.134. The Morgan fingerprint density at radius 3 is 1.96 bits per heavy atom. The van der Waals surface area contributed by atoms with Gasteiger partial charge in [-0.25, -0.2) is 4.99 Å². The summed E-state index contributed by atoms with van der Waals surface area (Å²) in [4.78, 5) is 4.50. The first kappa shape index (κ1) is 20.1. The first-order valence-electron chi connectivity index (χ1n) is 11.1. The lowest BCUT2D eigenvalue weighted by atomic mass is 9.69. The Bertz CT molecular complexity index is 470. The fourth-order valence-corrected chi connectivity index (χ4v) is 6.82. The van der Waals surface area contributed by atoms with Gasteiger partial charge in [0, 0.05) is 6.04 Å². The summed E-state index contributed by atoms with van der Waals surface area (Å²) in [6, 6.07) is 0.541. The van der Waals surface area contributed by atoms with E-state index in [9.17, 15) is 0 Å². The van der Waals surface area contributed by atoms with Crippen molar-refractivity contribution >= 4 is 5.84 Å². The topological polar surface area (TPSA) is 62.4 Å². The van der Waals surface area contributed by atoms with Crippen molar-refractivity contribution in [1.82, 2.24) is 10.6 Å². The van der Waals surface area contributed by atoms with E-state index in [0.29, 0.717) is 22.7 Å². The van der Waals surface area contributed by atoms with Gasteiger partial charge in [0.05, 0.1) is 5.84 Å². The zero-order chi connectivity index (χ0) is 18.8. The number of hydrogen-bond donors (Lipinski definition) is 3. The van der Waals surface area contributed by atoms with E-state index in [1.54, 1.807) is 0 Å². The zero-order valence-corrected chi connectivity index (χ0v) is 17.6. The average molecular weight is 363 g/mol. The number of fused-ring (bicyclic) bond motifs is 5. The predicted octanol–water partition coefficient (Wildman–Crippen LogP) is 4.40. The van der Waals surface area contributed by atoms with Gasteiger partial charge in [0.1, 0.15) is 0 Å². The van der Waals surface area contributed by atoms with Crippen LogP contribution in [0.1, 0.15) is 91.4 Å². The fraction of sp³-hybridized carbons (Fsp3) is 0.955. The van der Waals surface area contributed by atoms with Crippen LogP contribution in [0.2, 0.25) is 0 Å². The van der Waals surface area contributed by atoms with Gasteiger partial charge in [0.15, 0.2) is 6.29 Å². The summed E-state index contributed by atoms with van der Waals surface area (Å²) in [6.07, 6.45) is 15.5. The van der Waals surface area contributed by atoms with Crippen molar-refractivity contribution in [2.24, 2.45) is 33.4 Å². The van der Waals surface area contributed by atoms with E-state index in [-0.39, 0.29) is 6.29 Å². The van der Waals surface area contributed by atoms with Crippen molar-refractivity contribution in [2.45, 2.75) is 104 Å². The molecule has 3 aliphatic carbocycles. The van der Waals surface area contributed by atoms with E-state index < -0.39 is 0 Å². The minimum atomic E-state index is -0.0589. The van der Waals surface area contributed by atoms with Gasteiger partial charge < -0.3 is 5.73 Å². The van der Waals surface area contributed by atoms with Crippen LogP contribution in [-0.2, 0) is 0 Å². The number of rotatable bonds is 4. The van der Waals surface area contributed by atoms with E-state index in [1.807, 2.05) is 14.0 Å². The average Bonchev–Trinajstić information content (AvgIpc) is 2.75. The maximum atomic E-state index is 5.80. The highest BCUT2D eigenvalue weighted by atomic mass is 15.3. The maximum absolute atomic E-state index is 5.80. The second kappa shape index (κ2) is 8.18.